The van der Waals surface area contributed by atoms with Crippen molar-refractivity contribution in [2.24, 2.45) is 5.41 Å². The molecule has 2 N–H and O–H groups in total. The standard InChI is InChI=1S/C14H16F3NO4/c1-13(2,14(15,16)17)7-11(19)18-8-4-5-9(12(20)21)10(6-8)22-3/h4-6H,7H2,1-3H3,(H,18,19)(H,20,21). The van der Waals surface area contributed by atoms with Crippen LogP contribution in [0, 0.1) is 5.41 Å². The molecule has 1 rings (SSSR count). The van der Waals surface area contributed by atoms with Crippen LogP contribution in [0.4, 0.5) is 18.9 Å². The maximum atomic E-state index is 12.7. The summed E-state index contributed by atoms with van der Waals surface area (Å²) in [5.74, 6) is -2.04. The number of anilines is 1. The van der Waals surface area contributed by atoms with Crippen molar-refractivity contribution >= 4 is 17.6 Å². The van der Waals surface area contributed by atoms with Gasteiger partial charge in [-0.05, 0) is 12.1 Å². The van der Waals surface area contributed by atoms with Crippen molar-refractivity contribution in [3.05, 3.63) is 23.8 Å². The molecule has 0 unspecified atom stereocenters. The van der Waals surface area contributed by atoms with Gasteiger partial charge in [-0.25, -0.2) is 4.79 Å². The third kappa shape index (κ3) is 4.12. The monoisotopic (exact) mass is 319 g/mol. The molecule has 1 aromatic rings. The average Bonchev–Trinajstić information content (AvgIpc) is 2.35. The van der Waals surface area contributed by atoms with Crippen LogP contribution in [0.3, 0.4) is 0 Å². The van der Waals surface area contributed by atoms with Crippen LogP contribution in [0.2, 0.25) is 0 Å². The highest BCUT2D eigenvalue weighted by Gasteiger charge is 2.48. The smallest absolute Gasteiger partial charge is 0.394 e. The molecular weight excluding hydrogens is 303 g/mol. The lowest BCUT2D eigenvalue weighted by Crippen LogP contribution is -2.35. The predicted octanol–water partition coefficient (Wildman–Crippen LogP) is 3.31. The first kappa shape index (κ1) is 17.8. The van der Waals surface area contributed by atoms with Gasteiger partial charge in [-0.3, -0.25) is 4.79 Å². The number of carboxylic acid groups (broad SMARTS) is 1. The van der Waals surface area contributed by atoms with Gasteiger partial charge < -0.3 is 15.2 Å². The van der Waals surface area contributed by atoms with E-state index in [2.05, 4.69) is 5.32 Å². The second-order valence-corrected chi connectivity index (χ2v) is 5.33. The lowest BCUT2D eigenvalue weighted by molar-refractivity contribution is -0.213. The minimum atomic E-state index is -4.50. The number of benzene rings is 1. The van der Waals surface area contributed by atoms with Crippen molar-refractivity contribution in [3.63, 3.8) is 0 Å². The molecule has 22 heavy (non-hydrogen) atoms. The Hall–Kier alpha value is -2.25. The Morgan fingerprint density at radius 3 is 2.32 bits per heavy atom. The Bertz CT molecular complexity index is 582. The van der Waals surface area contributed by atoms with Gasteiger partial charge in [0.2, 0.25) is 5.91 Å². The summed E-state index contributed by atoms with van der Waals surface area (Å²) >= 11 is 0. The summed E-state index contributed by atoms with van der Waals surface area (Å²) in [6, 6.07) is 3.72. The Morgan fingerprint density at radius 1 is 1.27 bits per heavy atom. The van der Waals surface area contributed by atoms with Gasteiger partial charge in [-0.1, -0.05) is 13.8 Å². The van der Waals surface area contributed by atoms with Crippen LogP contribution in [0.15, 0.2) is 18.2 Å². The van der Waals surface area contributed by atoms with Crippen molar-refractivity contribution in [1.82, 2.24) is 0 Å². The van der Waals surface area contributed by atoms with E-state index in [1.165, 1.54) is 25.3 Å². The van der Waals surface area contributed by atoms with Crippen molar-refractivity contribution < 1.29 is 32.6 Å². The number of halogens is 3. The Morgan fingerprint density at radius 2 is 1.86 bits per heavy atom. The fourth-order valence-electron chi connectivity index (χ4n) is 1.65. The number of methoxy groups -OCH3 is 1. The summed E-state index contributed by atoms with van der Waals surface area (Å²) in [7, 11) is 1.25. The highest BCUT2D eigenvalue weighted by Crippen LogP contribution is 2.40. The highest BCUT2D eigenvalue weighted by molar-refractivity contribution is 5.94. The van der Waals surface area contributed by atoms with Gasteiger partial charge in [0.25, 0.3) is 0 Å². The van der Waals surface area contributed by atoms with Crippen LogP contribution in [-0.2, 0) is 4.79 Å². The molecule has 1 amide bonds. The number of nitrogens with one attached hydrogen (secondary N) is 1. The molecule has 0 aromatic heterocycles. The van der Waals surface area contributed by atoms with E-state index in [1.54, 1.807) is 0 Å². The number of hydrogen-bond donors (Lipinski definition) is 2. The number of hydrogen-bond acceptors (Lipinski definition) is 3. The van der Waals surface area contributed by atoms with Crippen LogP contribution >= 0.6 is 0 Å². The Balaban J connectivity index is 2.88. The van der Waals surface area contributed by atoms with E-state index in [0.29, 0.717) is 0 Å². The van der Waals surface area contributed by atoms with Crippen LogP contribution in [0.25, 0.3) is 0 Å². The molecule has 0 heterocycles. The van der Waals surface area contributed by atoms with Crippen LogP contribution in [0.1, 0.15) is 30.6 Å². The molecule has 0 aliphatic rings. The van der Waals surface area contributed by atoms with Crippen LogP contribution < -0.4 is 10.1 Å². The van der Waals surface area contributed by atoms with Crippen molar-refractivity contribution in [2.45, 2.75) is 26.4 Å². The van der Waals surface area contributed by atoms with Gasteiger partial charge in [0.1, 0.15) is 11.3 Å². The molecule has 0 spiro atoms. The predicted molar refractivity (Wildman–Crippen MR) is 73.0 cm³/mol. The maximum absolute atomic E-state index is 12.7. The van der Waals surface area contributed by atoms with E-state index in [-0.39, 0.29) is 17.0 Å². The van der Waals surface area contributed by atoms with Crippen molar-refractivity contribution in [1.29, 1.82) is 0 Å². The molecule has 8 heteroatoms. The molecule has 0 saturated heterocycles. The third-order valence-corrected chi connectivity index (χ3v) is 3.09. The highest BCUT2D eigenvalue weighted by atomic mass is 19.4. The molecule has 5 nitrogen and oxygen atoms in total. The number of amides is 1. The molecule has 122 valence electrons. The first-order valence-electron chi connectivity index (χ1n) is 6.26. The zero-order valence-electron chi connectivity index (χ0n) is 12.2. The molecule has 0 saturated carbocycles. The fourth-order valence-corrected chi connectivity index (χ4v) is 1.65. The molecule has 0 aliphatic heterocycles. The van der Waals surface area contributed by atoms with Gasteiger partial charge >= 0.3 is 12.1 Å². The van der Waals surface area contributed by atoms with Gasteiger partial charge in [0.15, 0.2) is 0 Å². The van der Waals surface area contributed by atoms with Gasteiger partial charge in [0.05, 0.1) is 12.5 Å². The minimum absolute atomic E-state index is 0.000353. The molecule has 1 aromatic carbocycles. The summed E-state index contributed by atoms with van der Waals surface area (Å²) in [6.07, 6.45) is -5.26. The van der Waals surface area contributed by atoms with E-state index in [0.717, 1.165) is 13.8 Å². The van der Waals surface area contributed by atoms with Crippen LogP contribution in [-0.4, -0.2) is 30.3 Å². The van der Waals surface area contributed by atoms with E-state index in [9.17, 15) is 22.8 Å². The van der Waals surface area contributed by atoms with Crippen molar-refractivity contribution in [2.75, 3.05) is 12.4 Å². The molecule has 0 radical (unpaired) electrons. The number of ether oxygens (including phenoxy) is 1. The summed E-state index contributed by atoms with van der Waals surface area (Å²) in [4.78, 5) is 22.6. The number of alkyl halides is 3. The average molecular weight is 319 g/mol. The minimum Gasteiger partial charge on any atom is -0.496 e. The molecule has 0 atom stereocenters. The molecule has 0 fully saturated rings. The summed E-state index contributed by atoms with van der Waals surface area (Å²) < 4.78 is 43.1. The quantitative estimate of drug-likeness (QED) is 0.873. The van der Waals surface area contributed by atoms with Gasteiger partial charge in [0, 0.05) is 18.2 Å². The largest absolute Gasteiger partial charge is 0.496 e. The number of rotatable bonds is 5. The lowest BCUT2D eigenvalue weighted by atomic mass is 9.88. The number of aromatic carboxylic acids is 1. The molecule has 0 aliphatic carbocycles. The lowest BCUT2D eigenvalue weighted by Gasteiger charge is -2.26. The van der Waals surface area contributed by atoms with Gasteiger partial charge in [-0.15, -0.1) is 0 Å². The van der Waals surface area contributed by atoms with E-state index in [1.807, 2.05) is 0 Å². The summed E-state index contributed by atoms with van der Waals surface area (Å²) in [5.41, 5.74) is -2.12. The Labute approximate surface area is 125 Å². The molecular formula is C14H16F3NO4. The second kappa shape index (κ2) is 6.25. The van der Waals surface area contributed by atoms with Gasteiger partial charge in [-0.2, -0.15) is 13.2 Å². The normalized spacial score (nSPS) is 11.9. The second-order valence-electron chi connectivity index (χ2n) is 5.33. The SMILES string of the molecule is COc1cc(NC(=O)CC(C)(C)C(F)(F)F)ccc1C(=O)O. The third-order valence-electron chi connectivity index (χ3n) is 3.09. The first-order valence-corrected chi connectivity index (χ1v) is 6.26. The van der Waals surface area contributed by atoms with E-state index >= 15 is 0 Å². The van der Waals surface area contributed by atoms with E-state index < -0.39 is 29.9 Å². The fraction of sp³-hybridized carbons (Fsp3) is 0.429. The number of carbonyl (C=O) groups is 2. The zero-order chi connectivity index (χ0) is 17.1. The Kier molecular flexibility index (Phi) is 5.05. The summed E-state index contributed by atoms with van der Waals surface area (Å²) in [5, 5.41) is 11.2. The maximum Gasteiger partial charge on any atom is 0.394 e. The number of carbonyl (C=O) groups excluding carboxylic acids is 1. The zero-order valence-corrected chi connectivity index (χ0v) is 12.2. The topological polar surface area (TPSA) is 75.6 Å². The van der Waals surface area contributed by atoms with Crippen LogP contribution in [0.5, 0.6) is 5.75 Å². The van der Waals surface area contributed by atoms with Crippen molar-refractivity contribution in [3.8, 4) is 5.75 Å². The molecule has 0 bridgehead atoms. The van der Waals surface area contributed by atoms with E-state index in [4.69, 9.17) is 9.84 Å². The first-order chi connectivity index (χ1) is 9.98. The number of carboxylic acids is 1. The summed E-state index contributed by atoms with van der Waals surface area (Å²) in [6.45, 7) is 1.86.